The topological polar surface area (TPSA) is 144 Å². The average molecular weight is 423 g/mol. The Bertz CT molecular complexity index is 923. The van der Waals surface area contributed by atoms with Gasteiger partial charge in [-0.05, 0) is 0 Å². The van der Waals surface area contributed by atoms with Crippen LogP contribution in [-0.4, -0.2) is 58.1 Å². The fourth-order valence-corrected chi connectivity index (χ4v) is 9.67. The van der Waals surface area contributed by atoms with Gasteiger partial charge in [0.2, 0.25) is 5.95 Å². The van der Waals surface area contributed by atoms with Crippen LogP contribution in [0.5, 0.6) is 0 Å². The molecule has 160 valence electrons. The maximum atomic E-state index is 11.2. The van der Waals surface area contributed by atoms with E-state index in [-0.39, 0.29) is 21.8 Å². The number of aromatic nitrogens is 4. The number of fused-ring (bicyclic) bond motifs is 2. The molecule has 11 heteroatoms. The highest BCUT2D eigenvalue weighted by atomic mass is 28.4. The second kappa shape index (κ2) is 6.35. The molecule has 0 radical (unpaired) electrons. The van der Waals surface area contributed by atoms with Gasteiger partial charge in [-0.15, -0.1) is 0 Å². The molecular weight excluding hydrogens is 392 g/mol. The Morgan fingerprint density at radius 3 is 2.41 bits per heavy atom. The number of ether oxygens (including phenoxy) is 1. The summed E-state index contributed by atoms with van der Waals surface area (Å²) in [4.78, 5) is 12.4. The molecule has 4 atom stereocenters. The van der Waals surface area contributed by atoms with E-state index in [1.807, 2.05) is 0 Å². The molecule has 0 spiro atoms. The van der Waals surface area contributed by atoms with Crippen molar-refractivity contribution in [3.05, 3.63) is 6.33 Å². The van der Waals surface area contributed by atoms with Gasteiger partial charge >= 0.3 is 8.56 Å². The van der Waals surface area contributed by atoms with Crippen LogP contribution in [0.1, 0.15) is 47.8 Å². The summed E-state index contributed by atoms with van der Waals surface area (Å²) in [5.74, 6) is 0.218. The van der Waals surface area contributed by atoms with E-state index in [1.165, 1.54) is 6.33 Å². The second-order valence-electron chi connectivity index (χ2n) is 9.86. The largest absolute Gasteiger partial charge is 0.391 e. The number of nitrogen functional groups attached to an aromatic ring is 2. The first-order chi connectivity index (χ1) is 13.4. The Hall–Kier alpha value is -1.79. The number of hydrogen-bond donors (Lipinski definition) is 3. The van der Waals surface area contributed by atoms with Gasteiger partial charge in [-0.1, -0.05) is 41.5 Å². The zero-order valence-corrected chi connectivity index (χ0v) is 18.7. The van der Waals surface area contributed by atoms with E-state index in [2.05, 4.69) is 56.5 Å². The first-order valence-electron chi connectivity index (χ1n) is 9.76. The standard InChI is InChI=1S/C18H30N6O4Si/c1-17(2,3)29(18(4,5)6)26-7-9-12(28-29)11(25)15(27-9)24-8-21-10-13(19)22-16(20)23-14(10)24/h8-9,11-12,15,25H,7H2,1-6H3,(H4,19,20,22,23)/t9-,11-,12-,15-/m1/s1. The van der Waals surface area contributed by atoms with Crippen LogP contribution in [0.15, 0.2) is 6.33 Å². The number of nitrogens with two attached hydrogens (primary N) is 2. The summed E-state index contributed by atoms with van der Waals surface area (Å²) in [6, 6.07) is 0. The van der Waals surface area contributed by atoms with E-state index in [1.54, 1.807) is 4.57 Å². The highest BCUT2D eigenvalue weighted by Gasteiger charge is 2.65. The Labute approximate surface area is 170 Å². The van der Waals surface area contributed by atoms with E-state index in [9.17, 15) is 5.11 Å². The third-order valence-corrected chi connectivity index (χ3v) is 10.9. The smallest absolute Gasteiger partial charge is 0.349 e. The highest BCUT2D eigenvalue weighted by Crippen LogP contribution is 2.55. The predicted octanol–water partition coefficient (Wildman–Crippen LogP) is 1.71. The lowest BCUT2D eigenvalue weighted by atomic mass is 10.1. The summed E-state index contributed by atoms with van der Waals surface area (Å²) in [5.41, 5.74) is 12.5. The molecule has 0 bridgehead atoms. The normalized spacial score (nSPS) is 29.9. The van der Waals surface area contributed by atoms with Crippen LogP contribution < -0.4 is 11.5 Å². The maximum absolute atomic E-state index is 11.2. The Morgan fingerprint density at radius 1 is 1.14 bits per heavy atom. The van der Waals surface area contributed by atoms with Crippen molar-refractivity contribution in [2.45, 2.75) is 76.2 Å². The number of hydrogen-bond acceptors (Lipinski definition) is 9. The first-order valence-corrected chi connectivity index (χ1v) is 11.6. The third-order valence-electron chi connectivity index (χ3n) is 5.78. The first kappa shape index (κ1) is 20.5. The SMILES string of the molecule is CC(C)(C)[Si]1(C(C)(C)C)OC[C@H]2O[C@@H](n3cnc4c(N)nc(N)nc43)[C@H](O)[C@@H]2O1. The van der Waals surface area contributed by atoms with Gasteiger partial charge in [0, 0.05) is 10.1 Å². The van der Waals surface area contributed by atoms with Crippen molar-refractivity contribution in [1.29, 1.82) is 0 Å². The van der Waals surface area contributed by atoms with E-state index >= 15 is 0 Å². The minimum Gasteiger partial charge on any atom is -0.391 e. The molecule has 2 saturated heterocycles. The van der Waals surface area contributed by atoms with Gasteiger partial charge in [0.15, 0.2) is 17.7 Å². The van der Waals surface area contributed by atoms with E-state index in [0.717, 1.165) is 0 Å². The number of anilines is 2. The number of rotatable bonds is 1. The van der Waals surface area contributed by atoms with Crippen LogP contribution in [-0.2, 0) is 13.6 Å². The molecule has 5 N–H and O–H groups in total. The summed E-state index contributed by atoms with van der Waals surface area (Å²) in [6.07, 6.45) is -1.03. The molecule has 2 aromatic heterocycles. The molecule has 0 aliphatic carbocycles. The molecule has 2 aliphatic heterocycles. The van der Waals surface area contributed by atoms with Crippen LogP contribution >= 0.6 is 0 Å². The summed E-state index contributed by atoms with van der Waals surface area (Å²) >= 11 is 0. The van der Waals surface area contributed by atoms with Crippen molar-refractivity contribution >= 4 is 31.5 Å². The quantitative estimate of drug-likeness (QED) is 0.585. The molecule has 0 aromatic carbocycles. The lowest BCUT2D eigenvalue weighted by Crippen LogP contribution is -2.65. The lowest BCUT2D eigenvalue weighted by Gasteiger charge is -2.53. The summed E-state index contributed by atoms with van der Waals surface area (Å²) in [7, 11) is -2.73. The molecule has 4 rings (SSSR count). The average Bonchev–Trinajstić information content (AvgIpc) is 3.14. The van der Waals surface area contributed by atoms with Crippen molar-refractivity contribution in [2.24, 2.45) is 0 Å². The zero-order valence-electron chi connectivity index (χ0n) is 17.7. The third kappa shape index (κ3) is 2.95. The summed E-state index contributed by atoms with van der Waals surface area (Å²) in [6.45, 7) is 13.2. The van der Waals surface area contributed by atoms with Gasteiger partial charge in [-0.2, -0.15) is 9.97 Å². The van der Waals surface area contributed by atoms with Crippen molar-refractivity contribution < 1.29 is 18.7 Å². The zero-order chi connectivity index (χ0) is 21.4. The lowest BCUT2D eigenvalue weighted by molar-refractivity contribution is -0.0795. The van der Waals surface area contributed by atoms with Crippen molar-refractivity contribution in [3.8, 4) is 0 Å². The fraction of sp³-hybridized carbons (Fsp3) is 0.722. The minimum atomic E-state index is -2.73. The van der Waals surface area contributed by atoms with Gasteiger partial charge in [0.25, 0.3) is 0 Å². The molecule has 0 amide bonds. The molecule has 0 saturated carbocycles. The summed E-state index contributed by atoms with van der Waals surface area (Å²) in [5, 5.41) is 10.8. The molecule has 2 fully saturated rings. The number of aliphatic hydroxyl groups excluding tert-OH is 1. The van der Waals surface area contributed by atoms with Gasteiger partial charge in [0.1, 0.15) is 23.8 Å². The van der Waals surface area contributed by atoms with Gasteiger partial charge in [0.05, 0.1) is 12.9 Å². The second-order valence-corrected chi connectivity index (χ2v) is 14.6. The van der Waals surface area contributed by atoms with Gasteiger partial charge in [-0.25, -0.2) is 4.98 Å². The molecular formula is C18H30N6O4Si. The van der Waals surface area contributed by atoms with E-state index < -0.39 is 33.1 Å². The van der Waals surface area contributed by atoms with Crippen LogP contribution in [0.3, 0.4) is 0 Å². The number of nitrogens with zero attached hydrogens (tertiary/aromatic N) is 4. The predicted molar refractivity (Wildman–Crippen MR) is 110 cm³/mol. The highest BCUT2D eigenvalue weighted by molar-refractivity contribution is 6.73. The van der Waals surface area contributed by atoms with E-state index in [4.69, 9.17) is 25.1 Å². The molecule has 4 heterocycles. The Morgan fingerprint density at radius 2 is 1.79 bits per heavy atom. The van der Waals surface area contributed by atoms with Crippen LogP contribution in [0.2, 0.25) is 10.1 Å². The molecule has 0 unspecified atom stereocenters. The van der Waals surface area contributed by atoms with Crippen LogP contribution in [0.25, 0.3) is 11.2 Å². The maximum Gasteiger partial charge on any atom is 0.349 e. The number of imidazole rings is 1. The monoisotopic (exact) mass is 422 g/mol. The molecule has 29 heavy (non-hydrogen) atoms. The Kier molecular flexibility index (Phi) is 4.48. The molecule has 10 nitrogen and oxygen atoms in total. The molecule has 2 aromatic rings. The fourth-order valence-electron chi connectivity index (χ4n) is 4.71. The molecule has 2 aliphatic rings. The van der Waals surface area contributed by atoms with Crippen molar-refractivity contribution in [3.63, 3.8) is 0 Å². The van der Waals surface area contributed by atoms with Crippen LogP contribution in [0.4, 0.5) is 11.8 Å². The van der Waals surface area contributed by atoms with Crippen molar-refractivity contribution in [1.82, 2.24) is 19.5 Å². The number of aliphatic hydroxyl groups is 1. The van der Waals surface area contributed by atoms with Gasteiger partial charge < -0.3 is 30.2 Å². The van der Waals surface area contributed by atoms with E-state index in [0.29, 0.717) is 17.8 Å². The summed E-state index contributed by atoms with van der Waals surface area (Å²) < 4.78 is 20.9. The van der Waals surface area contributed by atoms with Gasteiger partial charge in [-0.3, -0.25) is 4.57 Å². The minimum absolute atomic E-state index is 0.0353. The van der Waals surface area contributed by atoms with Crippen LogP contribution in [0, 0.1) is 0 Å². The Balaban J connectivity index is 1.70. The van der Waals surface area contributed by atoms with Crippen molar-refractivity contribution in [2.75, 3.05) is 18.1 Å².